The van der Waals surface area contributed by atoms with Crippen LogP contribution in [0.15, 0.2) is 34.7 Å². The summed E-state index contributed by atoms with van der Waals surface area (Å²) < 4.78 is 19.9. The van der Waals surface area contributed by atoms with E-state index in [0.29, 0.717) is 38.5 Å². The maximum absolute atomic E-state index is 13.4. The predicted molar refractivity (Wildman–Crippen MR) is 104 cm³/mol. The van der Waals surface area contributed by atoms with Gasteiger partial charge in [-0.1, -0.05) is 11.3 Å². The summed E-state index contributed by atoms with van der Waals surface area (Å²) in [5.74, 6) is 0.839. The lowest BCUT2D eigenvalue weighted by atomic mass is 10.3. The first kappa shape index (κ1) is 17.9. The predicted octanol–water partition coefficient (Wildman–Crippen LogP) is 3.05. The number of piperazine rings is 1. The number of nitrogens with zero attached hydrogens (tertiary/aromatic N) is 4. The first-order valence-electron chi connectivity index (χ1n) is 8.83. The molecule has 27 heavy (non-hydrogen) atoms. The fourth-order valence-corrected chi connectivity index (χ4v) is 4.21. The third-order valence-corrected chi connectivity index (χ3v) is 5.60. The van der Waals surface area contributed by atoms with Gasteiger partial charge in [-0.3, -0.25) is 4.79 Å². The van der Waals surface area contributed by atoms with E-state index < -0.39 is 0 Å². The largest absolute Gasteiger partial charge is 0.455 e. The molecule has 0 aliphatic carbocycles. The molecule has 3 heterocycles. The van der Waals surface area contributed by atoms with Crippen LogP contribution in [0.3, 0.4) is 0 Å². The van der Waals surface area contributed by atoms with Crippen molar-refractivity contribution in [2.75, 3.05) is 45.2 Å². The molecule has 142 valence electrons. The second-order valence-corrected chi connectivity index (χ2v) is 7.90. The molecule has 0 saturated carbocycles. The van der Waals surface area contributed by atoms with Gasteiger partial charge in [-0.05, 0) is 44.4 Å². The summed E-state index contributed by atoms with van der Waals surface area (Å²) in [6.45, 7) is 3.26. The molecular formula is C19H21FN4O2S. The second-order valence-electron chi connectivity index (χ2n) is 6.89. The molecule has 0 bridgehead atoms. The van der Waals surface area contributed by atoms with Gasteiger partial charge >= 0.3 is 0 Å². The zero-order valence-corrected chi connectivity index (χ0v) is 16.1. The molecule has 1 aliphatic heterocycles. The molecule has 1 saturated heterocycles. The lowest BCUT2D eigenvalue weighted by molar-refractivity contribution is 0.0711. The molecule has 1 aromatic carbocycles. The Kier molecular flexibility index (Phi) is 4.84. The van der Waals surface area contributed by atoms with E-state index >= 15 is 0 Å². The molecule has 0 N–H and O–H groups in total. The monoisotopic (exact) mass is 388 g/mol. The Labute approximate surface area is 160 Å². The highest BCUT2D eigenvalue weighted by Crippen LogP contribution is 2.30. The van der Waals surface area contributed by atoms with Crippen LogP contribution < -0.4 is 4.90 Å². The molecule has 2 aromatic heterocycles. The van der Waals surface area contributed by atoms with Gasteiger partial charge in [-0.25, -0.2) is 9.37 Å². The third kappa shape index (κ3) is 3.81. The molecule has 0 radical (unpaired) electrons. The van der Waals surface area contributed by atoms with Gasteiger partial charge in [0.25, 0.3) is 5.91 Å². The summed E-state index contributed by atoms with van der Waals surface area (Å²) in [5.41, 5.74) is 0.805. The van der Waals surface area contributed by atoms with Crippen LogP contribution in [0, 0.1) is 5.82 Å². The smallest absolute Gasteiger partial charge is 0.289 e. The normalized spacial score (nSPS) is 15.1. The first-order chi connectivity index (χ1) is 13.0. The summed E-state index contributed by atoms with van der Waals surface area (Å²) >= 11 is 1.48. The molecule has 0 unspecified atom stereocenters. The van der Waals surface area contributed by atoms with Crippen molar-refractivity contribution < 1.29 is 13.6 Å². The van der Waals surface area contributed by atoms with Gasteiger partial charge in [0.2, 0.25) is 0 Å². The minimum absolute atomic E-state index is 0.0778. The van der Waals surface area contributed by atoms with Crippen LogP contribution in [0.25, 0.3) is 10.2 Å². The SMILES string of the molecule is CN(C)Cc1ccc(C(=O)N2CCN(c3nc4ccc(F)cc4s3)CC2)o1. The first-order valence-corrected chi connectivity index (χ1v) is 9.65. The standard InChI is InChI=1S/C19H21FN4O2S/c1-22(2)12-14-4-6-16(26-14)18(25)23-7-9-24(10-8-23)19-21-15-5-3-13(20)11-17(15)27-19/h3-6,11H,7-10,12H2,1-2H3. The van der Waals surface area contributed by atoms with Gasteiger partial charge in [0, 0.05) is 26.2 Å². The van der Waals surface area contributed by atoms with Crippen molar-refractivity contribution in [3.63, 3.8) is 0 Å². The van der Waals surface area contributed by atoms with Crippen molar-refractivity contribution in [2.45, 2.75) is 6.54 Å². The molecule has 1 fully saturated rings. The number of anilines is 1. The Hall–Kier alpha value is -2.45. The number of amides is 1. The Morgan fingerprint density at radius 1 is 1.22 bits per heavy atom. The zero-order valence-electron chi connectivity index (χ0n) is 15.3. The molecular weight excluding hydrogens is 367 g/mol. The fourth-order valence-electron chi connectivity index (χ4n) is 3.17. The lowest BCUT2D eigenvalue weighted by Gasteiger charge is -2.34. The molecule has 4 rings (SSSR count). The van der Waals surface area contributed by atoms with E-state index in [2.05, 4.69) is 9.88 Å². The van der Waals surface area contributed by atoms with E-state index in [-0.39, 0.29) is 11.7 Å². The highest BCUT2D eigenvalue weighted by atomic mass is 32.1. The Morgan fingerprint density at radius 3 is 2.74 bits per heavy atom. The number of fused-ring (bicyclic) bond motifs is 1. The average molecular weight is 388 g/mol. The Bertz CT molecular complexity index is 960. The number of carbonyl (C=O) groups excluding carboxylic acids is 1. The number of carbonyl (C=O) groups is 1. The van der Waals surface area contributed by atoms with E-state index in [9.17, 15) is 9.18 Å². The number of rotatable bonds is 4. The number of benzene rings is 1. The molecule has 6 nitrogen and oxygen atoms in total. The molecule has 0 spiro atoms. The molecule has 1 amide bonds. The minimum Gasteiger partial charge on any atom is -0.455 e. The maximum atomic E-state index is 13.4. The van der Waals surface area contributed by atoms with Crippen LogP contribution in [-0.2, 0) is 6.54 Å². The zero-order chi connectivity index (χ0) is 19.0. The lowest BCUT2D eigenvalue weighted by Crippen LogP contribution is -2.48. The topological polar surface area (TPSA) is 52.8 Å². The van der Waals surface area contributed by atoms with Crippen molar-refractivity contribution >= 4 is 32.6 Å². The van der Waals surface area contributed by atoms with Crippen molar-refractivity contribution in [1.29, 1.82) is 0 Å². The van der Waals surface area contributed by atoms with Gasteiger partial charge in [0.15, 0.2) is 10.9 Å². The number of hydrogen-bond acceptors (Lipinski definition) is 6. The number of furan rings is 1. The summed E-state index contributed by atoms with van der Waals surface area (Å²) in [6, 6.07) is 8.24. The van der Waals surface area contributed by atoms with Crippen molar-refractivity contribution in [2.24, 2.45) is 0 Å². The highest BCUT2D eigenvalue weighted by molar-refractivity contribution is 7.22. The van der Waals surface area contributed by atoms with Gasteiger partial charge < -0.3 is 19.1 Å². The number of halogens is 1. The van der Waals surface area contributed by atoms with Crippen molar-refractivity contribution in [3.05, 3.63) is 47.7 Å². The summed E-state index contributed by atoms with van der Waals surface area (Å²) in [5, 5.41) is 0.869. The molecule has 0 atom stereocenters. The van der Waals surface area contributed by atoms with E-state index in [1.54, 1.807) is 12.1 Å². The summed E-state index contributed by atoms with van der Waals surface area (Å²) in [7, 11) is 3.92. The van der Waals surface area contributed by atoms with E-state index in [4.69, 9.17) is 4.42 Å². The minimum atomic E-state index is -0.250. The van der Waals surface area contributed by atoms with Crippen LogP contribution in [0.5, 0.6) is 0 Å². The fraction of sp³-hybridized carbons (Fsp3) is 0.368. The summed E-state index contributed by atoms with van der Waals surface area (Å²) in [6.07, 6.45) is 0. The van der Waals surface area contributed by atoms with Crippen LogP contribution in [0.2, 0.25) is 0 Å². The van der Waals surface area contributed by atoms with Gasteiger partial charge in [-0.15, -0.1) is 0 Å². The molecule has 8 heteroatoms. The maximum Gasteiger partial charge on any atom is 0.289 e. The van der Waals surface area contributed by atoms with Crippen LogP contribution in [-0.4, -0.2) is 61.0 Å². The third-order valence-electron chi connectivity index (χ3n) is 4.52. The Morgan fingerprint density at radius 2 is 2.00 bits per heavy atom. The average Bonchev–Trinajstić information content (AvgIpc) is 3.27. The van der Waals surface area contributed by atoms with Crippen LogP contribution >= 0.6 is 11.3 Å². The molecule has 1 aliphatic rings. The van der Waals surface area contributed by atoms with Crippen molar-refractivity contribution in [1.82, 2.24) is 14.8 Å². The quantitative estimate of drug-likeness (QED) is 0.688. The Balaban J connectivity index is 1.40. The second kappa shape index (κ2) is 7.28. The number of thiazole rings is 1. The van der Waals surface area contributed by atoms with Gasteiger partial charge in [-0.2, -0.15) is 0 Å². The van der Waals surface area contributed by atoms with E-state index in [1.807, 2.05) is 30.0 Å². The van der Waals surface area contributed by atoms with E-state index in [1.165, 1.54) is 23.5 Å². The summed E-state index contributed by atoms with van der Waals surface area (Å²) in [4.78, 5) is 23.2. The number of hydrogen-bond donors (Lipinski definition) is 0. The van der Waals surface area contributed by atoms with Crippen LogP contribution in [0.1, 0.15) is 16.3 Å². The number of aromatic nitrogens is 1. The van der Waals surface area contributed by atoms with E-state index in [0.717, 1.165) is 21.1 Å². The highest BCUT2D eigenvalue weighted by Gasteiger charge is 2.25. The van der Waals surface area contributed by atoms with Gasteiger partial charge in [0.1, 0.15) is 11.6 Å². The van der Waals surface area contributed by atoms with Gasteiger partial charge in [0.05, 0.1) is 16.8 Å². The van der Waals surface area contributed by atoms with Crippen LogP contribution in [0.4, 0.5) is 9.52 Å². The van der Waals surface area contributed by atoms with Crippen molar-refractivity contribution in [3.8, 4) is 0 Å². The molecule has 3 aromatic rings.